The number of hydrogen-bond donors (Lipinski definition) is 1. The zero-order valence-corrected chi connectivity index (χ0v) is 12.4. The minimum absolute atomic E-state index is 0. The molecule has 98 valence electrons. The molecule has 1 aromatic rings. The third kappa shape index (κ3) is 4.84. The van der Waals surface area contributed by atoms with E-state index in [1.807, 2.05) is 26.0 Å². The van der Waals surface area contributed by atoms with Crippen LogP contribution in [0.15, 0.2) is 12.1 Å². The molecule has 1 atom stereocenters. The molecular weight excluding hydrogens is 279 g/mol. The van der Waals surface area contributed by atoms with Gasteiger partial charge in [-0.1, -0.05) is 18.5 Å². The molecule has 0 aliphatic rings. The zero-order chi connectivity index (χ0) is 12.1. The predicted molar refractivity (Wildman–Crippen MR) is 75.9 cm³/mol. The smallest absolute Gasteiger partial charge is 0.239 e. The average molecular weight is 297 g/mol. The Kier molecular flexibility index (Phi) is 7.79. The van der Waals surface area contributed by atoms with Crippen LogP contribution in [0.1, 0.15) is 25.1 Å². The lowest BCUT2D eigenvalue weighted by molar-refractivity contribution is -0.133. The van der Waals surface area contributed by atoms with E-state index in [-0.39, 0.29) is 18.3 Å². The van der Waals surface area contributed by atoms with E-state index in [2.05, 4.69) is 0 Å². The Morgan fingerprint density at radius 3 is 2.59 bits per heavy atom. The average Bonchev–Trinajstić information content (AvgIpc) is 2.69. The van der Waals surface area contributed by atoms with Gasteiger partial charge in [0.1, 0.15) is 0 Å². The van der Waals surface area contributed by atoms with Gasteiger partial charge in [0.15, 0.2) is 0 Å². The largest absolute Gasteiger partial charge is 0.336 e. The molecule has 0 spiro atoms. The molecule has 0 unspecified atom stereocenters. The van der Waals surface area contributed by atoms with Gasteiger partial charge in [-0.05, 0) is 25.5 Å². The van der Waals surface area contributed by atoms with Crippen LogP contribution >= 0.6 is 35.3 Å². The normalized spacial score (nSPS) is 11.8. The van der Waals surface area contributed by atoms with Crippen molar-refractivity contribution >= 4 is 41.3 Å². The minimum Gasteiger partial charge on any atom is -0.336 e. The maximum absolute atomic E-state index is 11.9. The molecule has 2 N–H and O–H groups in total. The van der Waals surface area contributed by atoms with Crippen molar-refractivity contribution in [1.82, 2.24) is 4.90 Å². The predicted octanol–water partition coefficient (Wildman–Crippen LogP) is 2.91. The summed E-state index contributed by atoms with van der Waals surface area (Å²) in [6.07, 6.45) is 0.667. The molecule has 0 aliphatic carbocycles. The number of likely N-dealkylation sites (N-methyl/N-ethyl adjacent to an activating group) is 1. The van der Waals surface area contributed by atoms with Crippen LogP contribution in [0.25, 0.3) is 0 Å². The maximum Gasteiger partial charge on any atom is 0.239 e. The molecule has 0 saturated carbocycles. The van der Waals surface area contributed by atoms with Gasteiger partial charge >= 0.3 is 0 Å². The fraction of sp³-hybridized carbons (Fsp3) is 0.545. The molecule has 6 heteroatoms. The van der Waals surface area contributed by atoms with Gasteiger partial charge in [-0.25, -0.2) is 0 Å². The number of rotatable bonds is 5. The molecule has 0 bridgehead atoms. The van der Waals surface area contributed by atoms with Crippen LogP contribution in [-0.2, 0) is 11.3 Å². The SMILES string of the molecule is CC[C@H](N)C(=O)N(CC)Cc1ccc(Cl)s1.Cl. The van der Waals surface area contributed by atoms with Crippen molar-refractivity contribution in [1.29, 1.82) is 0 Å². The highest BCUT2D eigenvalue weighted by Crippen LogP contribution is 2.22. The lowest BCUT2D eigenvalue weighted by Gasteiger charge is -2.23. The van der Waals surface area contributed by atoms with Crippen molar-refractivity contribution in [3.05, 3.63) is 21.3 Å². The third-order valence-electron chi connectivity index (χ3n) is 2.43. The Labute approximate surface area is 117 Å². The van der Waals surface area contributed by atoms with Crippen molar-refractivity contribution in [2.45, 2.75) is 32.9 Å². The summed E-state index contributed by atoms with van der Waals surface area (Å²) in [5.41, 5.74) is 5.74. The van der Waals surface area contributed by atoms with E-state index in [4.69, 9.17) is 17.3 Å². The molecule has 0 aromatic carbocycles. The number of carbonyl (C=O) groups is 1. The third-order valence-corrected chi connectivity index (χ3v) is 3.64. The summed E-state index contributed by atoms with van der Waals surface area (Å²) in [5, 5.41) is 0. The van der Waals surface area contributed by atoms with Crippen molar-refractivity contribution < 1.29 is 4.79 Å². The highest BCUT2D eigenvalue weighted by molar-refractivity contribution is 7.16. The van der Waals surface area contributed by atoms with E-state index in [0.29, 0.717) is 19.5 Å². The first-order valence-electron chi connectivity index (χ1n) is 5.37. The zero-order valence-electron chi connectivity index (χ0n) is 9.98. The Morgan fingerprint density at radius 1 is 1.53 bits per heavy atom. The lowest BCUT2D eigenvalue weighted by atomic mass is 10.2. The first-order chi connectivity index (χ1) is 7.58. The monoisotopic (exact) mass is 296 g/mol. The molecule has 0 saturated heterocycles. The van der Waals surface area contributed by atoms with Crippen molar-refractivity contribution in [2.75, 3.05) is 6.54 Å². The summed E-state index contributed by atoms with van der Waals surface area (Å²) in [4.78, 5) is 14.7. The Balaban J connectivity index is 0.00000256. The van der Waals surface area contributed by atoms with E-state index in [9.17, 15) is 4.79 Å². The number of halogens is 2. The maximum atomic E-state index is 11.9. The van der Waals surface area contributed by atoms with Crippen LogP contribution in [0, 0.1) is 0 Å². The molecular formula is C11H18Cl2N2OS. The summed E-state index contributed by atoms with van der Waals surface area (Å²) >= 11 is 7.35. The first-order valence-corrected chi connectivity index (χ1v) is 6.56. The van der Waals surface area contributed by atoms with Crippen LogP contribution in [-0.4, -0.2) is 23.4 Å². The highest BCUT2D eigenvalue weighted by Gasteiger charge is 2.18. The number of hydrogen-bond acceptors (Lipinski definition) is 3. The van der Waals surface area contributed by atoms with Gasteiger partial charge in [0.2, 0.25) is 5.91 Å². The number of amides is 1. The Bertz CT molecular complexity index is 357. The molecule has 1 heterocycles. The topological polar surface area (TPSA) is 46.3 Å². The molecule has 1 rings (SSSR count). The summed E-state index contributed by atoms with van der Waals surface area (Å²) in [6, 6.07) is 3.40. The summed E-state index contributed by atoms with van der Waals surface area (Å²) < 4.78 is 0.748. The first kappa shape index (κ1) is 16.7. The van der Waals surface area contributed by atoms with Crippen LogP contribution in [0.5, 0.6) is 0 Å². The van der Waals surface area contributed by atoms with Crippen LogP contribution in [0.4, 0.5) is 0 Å². The second kappa shape index (κ2) is 7.93. The van der Waals surface area contributed by atoms with Gasteiger partial charge in [-0.3, -0.25) is 4.79 Å². The number of carbonyl (C=O) groups excluding carboxylic acids is 1. The van der Waals surface area contributed by atoms with Crippen LogP contribution in [0.2, 0.25) is 4.34 Å². The van der Waals surface area contributed by atoms with Gasteiger partial charge in [0.05, 0.1) is 16.9 Å². The summed E-state index contributed by atoms with van der Waals surface area (Å²) in [6.45, 7) is 5.14. The molecule has 0 radical (unpaired) electrons. The number of nitrogens with zero attached hydrogens (tertiary/aromatic N) is 1. The minimum atomic E-state index is -0.393. The van der Waals surface area contributed by atoms with Gasteiger partial charge in [-0.2, -0.15) is 0 Å². The van der Waals surface area contributed by atoms with Crippen molar-refractivity contribution in [3.63, 3.8) is 0 Å². The quantitative estimate of drug-likeness (QED) is 0.908. The molecule has 1 amide bonds. The van der Waals surface area contributed by atoms with E-state index >= 15 is 0 Å². The van der Waals surface area contributed by atoms with E-state index < -0.39 is 6.04 Å². The molecule has 0 fully saturated rings. The number of nitrogens with two attached hydrogens (primary N) is 1. The van der Waals surface area contributed by atoms with Gasteiger partial charge in [0.25, 0.3) is 0 Å². The Hall–Kier alpha value is -0.290. The van der Waals surface area contributed by atoms with Crippen molar-refractivity contribution in [2.24, 2.45) is 5.73 Å². The molecule has 0 aliphatic heterocycles. The number of thiophene rings is 1. The molecule has 3 nitrogen and oxygen atoms in total. The Morgan fingerprint density at radius 2 is 2.18 bits per heavy atom. The van der Waals surface area contributed by atoms with E-state index in [1.54, 1.807) is 4.90 Å². The second-order valence-corrected chi connectivity index (χ2v) is 5.37. The highest BCUT2D eigenvalue weighted by atomic mass is 35.5. The molecule has 1 aromatic heterocycles. The van der Waals surface area contributed by atoms with Crippen LogP contribution in [0.3, 0.4) is 0 Å². The standard InChI is InChI=1S/C11H17ClN2OS.ClH/c1-3-9(13)11(15)14(4-2)7-8-5-6-10(12)16-8;/h5-6,9H,3-4,7,13H2,1-2H3;1H/t9-;/m0./s1. The summed E-state index contributed by atoms with van der Waals surface area (Å²) in [5.74, 6) is 0.00882. The second-order valence-electron chi connectivity index (χ2n) is 3.57. The summed E-state index contributed by atoms with van der Waals surface area (Å²) in [7, 11) is 0. The van der Waals surface area contributed by atoms with Crippen LogP contribution < -0.4 is 5.73 Å². The fourth-order valence-corrected chi connectivity index (χ4v) is 2.48. The van der Waals surface area contributed by atoms with Gasteiger partial charge in [0, 0.05) is 11.4 Å². The van der Waals surface area contributed by atoms with Crippen molar-refractivity contribution in [3.8, 4) is 0 Å². The van der Waals surface area contributed by atoms with Gasteiger partial charge in [-0.15, -0.1) is 23.7 Å². The fourth-order valence-electron chi connectivity index (χ4n) is 1.38. The molecule has 17 heavy (non-hydrogen) atoms. The van der Waals surface area contributed by atoms with E-state index in [1.165, 1.54) is 11.3 Å². The van der Waals surface area contributed by atoms with E-state index in [0.717, 1.165) is 9.21 Å². The van der Waals surface area contributed by atoms with Gasteiger partial charge < -0.3 is 10.6 Å². The lowest BCUT2D eigenvalue weighted by Crippen LogP contribution is -2.42.